The van der Waals surface area contributed by atoms with Gasteiger partial charge in [0.25, 0.3) is 0 Å². The Morgan fingerprint density at radius 1 is 1.03 bits per heavy atom. The van der Waals surface area contributed by atoms with E-state index in [0.29, 0.717) is 12.5 Å². The molecule has 170 valence electrons. The topological polar surface area (TPSA) is 109 Å². The van der Waals surface area contributed by atoms with E-state index in [1.165, 1.54) is 0 Å². The van der Waals surface area contributed by atoms with E-state index < -0.39 is 12.1 Å². The second kappa shape index (κ2) is 10.9. The molecule has 0 spiro atoms. The van der Waals surface area contributed by atoms with E-state index >= 15 is 0 Å². The highest BCUT2D eigenvalue weighted by molar-refractivity contribution is 5.87. The third-order valence-electron chi connectivity index (χ3n) is 4.32. The fourth-order valence-corrected chi connectivity index (χ4v) is 2.65. The molecule has 0 saturated heterocycles. The van der Waals surface area contributed by atoms with Crippen LogP contribution in [0.25, 0.3) is 0 Å². The van der Waals surface area contributed by atoms with Crippen molar-refractivity contribution in [2.75, 3.05) is 11.9 Å². The summed E-state index contributed by atoms with van der Waals surface area (Å²) in [6.07, 6.45) is -5.08. The lowest BCUT2D eigenvalue weighted by Crippen LogP contribution is -2.33. The maximum absolute atomic E-state index is 12.2. The maximum atomic E-state index is 12.2. The van der Waals surface area contributed by atoms with Crippen LogP contribution in [0.4, 0.5) is 23.9 Å². The number of benzene rings is 2. The number of carbonyl (C=O) groups is 2. The summed E-state index contributed by atoms with van der Waals surface area (Å²) in [5.41, 5.74) is 2.31. The molecule has 2 aromatic carbocycles. The SMILES string of the molecule is Cc1nc(NC(=O)NCC(c2ccccc2)c2ccccc2)nn1C.O=C(O)C(F)(F)F. The van der Waals surface area contributed by atoms with Crippen LogP contribution in [0.2, 0.25) is 0 Å². The predicted octanol–water partition coefficient (Wildman–Crippen LogP) is 3.71. The molecule has 3 aromatic rings. The summed E-state index contributed by atoms with van der Waals surface area (Å²) in [7, 11) is 1.78. The highest BCUT2D eigenvalue weighted by atomic mass is 19.4. The largest absolute Gasteiger partial charge is 0.490 e. The van der Waals surface area contributed by atoms with Gasteiger partial charge in [-0.1, -0.05) is 60.7 Å². The number of aliphatic carboxylic acids is 1. The average Bonchev–Trinajstić information content (AvgIpc) is 3.06. The minimum Gasteiger partial charge on any atom is -0.475 e. The fourth-order valence-electron chi connectivity index (χ4n) is 2.65. The maximum Gasteiger partial charge on any atom is 0.490 e. The van der Waals surface area contributed by atoms with Gasteiger partial charge in [0.05, 0.1) is 0 Å². The number of hydrogen-bond donors (Lipinski definition) is 3. The van der Waals surface area contributed by atoms with Crippen molar-refractivity contribution < 1.29 is 27.9 Å². The zero-order valence-corrected chi connectivity index (χ0v) is 17.3. The molecule has 0 aliphatic carbocycles. The van der Waals surface area contributed by atoms with Gasteiger partial charge in [-0.2, -0.15) is 18.2 Å². The van der Waals surface area contributed by atoms with Gasteiger partial charge < -0.3 is 10.4 Å². The van der Waals surface area contributed by atoms with Crippen molar-refractivity contribution in [2.24, 2.45) is 7.05 Å². The molecule has 2 amide bonds. The lowest BCUT2D eigenvalue weighted by Gasteiger charge is -2.18. The Bertz CT molecular complexity index is 965. The predicted molar refractivity (Wildman–Crippen MR) is 111 cm³/mol. The van der Waals surface area contributed by atoms with Gasteiger partial charge in [-0.05, 0) is 18.1 Å². The van der Waals surface area contributed by atoms with Crippen LogP contribution in [0.5, 0.6) is 0 Å². The number of urea groups is 1. The van der Waals surface area contributed by atoms with Crippen molar-refractivity contribution in [2.45, 2.75) is 19.0 Å². The summed E-state index contributed by atoms with van der Waals surface area (Å²) in [6, 6.07) is 20.0. The van der Waals surface area contributed by atoms with E-state index in [1.54, 1.807) is 11.7 Å². The van der Waals surface area contributed by atoms with Gasteiger partial charge in [-0.25, -0.2) is 9.59 Å². The highest BCUT2D eigenvalue weighted by Gasteiger charge is 2.38. The molecule has 0 aliphatic heterocycles. The van der Waals surface area contributed by atoms with Gasteiger partial charge >= 0.3 is 18.2 Å². The summed E-state index contributed by atoms with van der Waals surface area (Å²) in [5.74, 6) is -1.64. The van der Waals surface area contributed by atoms with Crippen LogP contribution in [0.1, 0.15) is 22.9 Å². The Hall–Kier alpha value is -3.89. The first kappa shape index (κ1) is 24.4. The van der Waals surface area contributed by atoms with Crippen LogP contribution >= 0.6 is 0 Å². The zero-order chi connectivity index (χ0) is 23.7. The van der Waals surface area contributed by atoms with Crippen LogP contribution in [0, 0.1) is 6.92 Å². The lowest BCUT2D eigenvalue weighted by molar-refractivity contribution is -0.192. The molecule has 3 rings (SSSR count). The molecule has 0 saturated carbocycles. The van der Waals surface area contributed by atoms with E-state index in [0.717, 1.165) is 17.0 Å². The number of carbonyl (C=O) groups excluding carboxylic acids is 1. The quantitative estimate of drug-likeness (QED) is 0.550. The van der Waals surface area contributed by atoms with Crippen LogP contribution in [0.15, 0.2) is 60.7 Å². The number of carboxylic acid groups (broad SMARTS) is 1. The monoisotopic (exact) mass is 449 g/mol. The normalized spacial score (nSPS) is 10.8. The molecule has 0 atom stereocenters. The van der Waals surface area contributed by atoms with Crippen molar-refractivity contribution in [3.8, 4) is 0 Å². The summed E-state index contributed by atoms with van der Waals surface area (Å²) in [6.45, 7) is 2.31. The Labute approximate surface area is 182 Å². The molecule has 11 heteroatoms. The van der Waals surface area contributed by atoms with Crippen molar-refractivity contribution in [3.05, 3.63) is 77.6 Å². The van der Waals surface area contributed by atoms with Gasteiger partial charge in [-0.15, -0.1) is 5.10 Å². The van der Waals surface area contributed by atoms with Gasteiger partial charge in [0.15, 0.2) is 0 Å². The summed E-state index contributed by atoms with van der Waals surface area (Å²) >= 11 is 0. The van der Waals surface area contributed by atoms with E-state index in [-0.39, 0.29) is 11.9 Å². The van der Waals surface area contributed by atoms with E-state index in [1.807, 2.05) is 43.3 Å². The van der Waals surface area contributed by atoms with E-state index in [2.05, 4.69) is 45.0 Å². The van der Waals surface area contributed by atoms with Gasteiger partial charge in [0, 0.05) is 19.5 Å². The van der Waals surface area contributed by atoms with Crippen molar-refractivity contribution in [3.63, 3.8) is 0 Å². The third-order valence-corrected chi connectivity index (χ3v) is 4.32. The number of nitrogens with zero attached hydrogens (tertiary/aromatic N) is 3. The Morgan fingerprint density at radius 2 is 1.50 bits per heavy atom. The smallest absolute Gasteiger partial charge is 0.475 e. The number of halogens is 3. The highest BCUT2D eigenvalue weighted by Crippen LogP contribution is 2.23. The Kier molecular flexibility index (Phi) is 8.33. The molecule has 0 aliphatic rings. The Balaban J connectivity index is 0.000000451. The molecule has 3 N–H and O–H groups in total. The molecule has 1 aromatic heterocycles. The minimum absolute atomic E-state index is 0.0755. The molecular weight excluding hydrogens is 427 g/mol. The van der Waals surface area contributed by atoms with Gasteiger partial charge in [0.1, 0.15) is 5.82 Å². The molecule has 0 bridgehead atoms. The second-order valence-corrected chi connectivity index (χ2v) is 6.62. The number of alkyl halides is 3. The Morgan fingerprint density at radius 3 is 1.88 bits per heavy atom. The molecular formula is C21H22F3N5O3. The minimum atomic E-state index is -5.08. The molecule has 0 radical (unpaired) electrons. The standard InChI is InChI=1S/C19H21N5O.C2HF3O2/c1-14-21-18(23-24(14)2)22-19(25)20-13-17(15-9-5-3-6-10-15)16-11-7-4-8-12-16;3-2(4,5)1(6)7/h3-12,17H,13H2,1-2H3,(H2,20,22,23,25);(H,6,7). The van der Waals surface area contributed by atoms with Crippen molar-refractivity contribution in [1.29, 1.82) is 0 Å². The number of nitrogens with one attached hydrogen (secondary N) is 2. The van der Waals surface area contributed by atoms with Crippen LogP contribution in [0.3, 0.4) is 0 Å². The first-order valence-corrected chi connectivity index (χ1v) is 9.40. The molecule has 32 heavy (non-hydrogen) atoms. The number of amides is 2. The first-order valence-electron chi connectivity index (χ1n) is 9.40. The summed E-state index contributed by atoms with van der Waals surface area (Å²) in [5, 5.41) is 16.8. The van der Waals surface area contributed by atoms with Crippen LogP contribution < -0.4 is 10.6 Å². The first-order chi connectivity index (χ1) is 15.1. The second-order valence-electron chi connectivity index (χ2n) is 6.62. The molecule has 0 unspecified atom stereocenters. The summed E-state index contributed by atoms with van der Waals surface area (Å²) in [4.78, 5) is 25.3. The van der Waals surface area contributed by atoms with Crippen molar-refractivity contribution >= 4 is 17.9 Å². The molecule has 8 nitrogen and oxygen atoms in total. The van der Waals surface area contributed by atoms with Crippen LogP contribution in [-0.4, -0.2) is 44.6 Å². The van der Waals surface area contributed by atoms with Crippen LogP contribution in [-0.2, 0) is 11.8 Å². The fraction of sp³-hybridized carbons (Fsp3) is 0.238. The number of carboxylic acids is 1. The van der Waals surface area contributed by atoms with Gasteiger partial charge in [-0.3, -0.25) is 10.00 Å². The van der Waals surface area contributed by atoms with Crippen molar-refractivity contribution in [1.82, 2.24) is 20.1 Å². The van der Waals surface area contributed by atoms with E-state index in [4.69, 9.17) is 9.90 Å². The number of rotatable bonds is 5. The van der Waals surface area contributed by atoms with Gasteiger partial charge in [0.2, 0.25) is 5.95 Å². The number of anilines is 1. The number of aryl methyl sites for hydroxylation is 2. The molecule has 0 fully saturated rings. The molecule has 1 heterocycles. The van der Waals surface area contributed by atoms with E-state index in [9.17, 15) is 18.0 Å². The number of aromatic nitrogens is 3. The number of hydrogen-bond acceptors (Lipinski definition) is 4. The summed E-state index contributed by atoms with van der Waals surface area (Å²) < 4.78 is 33.4. The lowest BCUT2D eigenvalue weighted by atomic mass is 9.91. The average molecular weight is 449 g/mol. The third kappa shape index (κ3) is 7.42. The zero-order valence-electron chi connectivity index (χ0n) is 17.3.